The van der Waals surface area contributed by atoms with Gasteiger partial charge in [0.2, 0.25) is 5.43 Å². The number of carboxylic acids is 1. The number of alkyl halides is 1. The van der Waals surface area contributed by atoms with E-state index in [2.05, 4.69) is 0 Å². The Kier molecular flexibility index (Phi) is 4.16. The zero-order valence-electron chi connectivity index (χ0n) is 14.0. The average molecular weight is 380 g/mol. The minimum Gasteiger partial charge on any atom is -0.477 e. The molecule has 2 heterocycles. The maximum absolute atomic E-state index is 14.8. The molecule has 1 aromatic carbocycles. The van der Waals surface area contributed by atoms with E-state index in [4.69, 9.17) is 17.3 Å². The average Bonchev–Trinajstić information content (AvgIpc) is 3.37. The van der Waals surface area contributed by atoms with Gasteiger partial charge in [0.25, 0.3) is 0 Å². The number of carboxylic acid groups (broad SMARTS) is 1. The largest absolute Gasteiger partial charge is 0.477 e. The Morgan fingerprint density at radius 2 is 2.08 bits per heavy atom. The summed E-state index contributed by atoms with van der Waals surface area (Å²) >= 11 is 6.30. The smallest absolute Gasteiger partial charge is 0.341 e. The first-order valence-electron chi connectivity index (χ1n) is 8.61. The number of hydrogen-bond donors (Lipinski definition) is 2. The lowest BCUT2D eigenvalue weighted by Gasteiger charge is -2.21. The maximum Gasteiger partial charge on any atom is 0.341 e. The normalized spacial score (nSPS) is 23.0. The maximum atomic E-state index is 14.8. The van der Waals surface area contributed by atoms with Crippen LogP contribution in [0.2, 0.25) is 0 Å². The third kappa shape index (κ3) is 2.75. The summed E-state index contributed by atoms with van der Waals surface area (Å²) in [5, 5.41) is 9.23. The topological polar surface area (TPSA) is 88.6 Å². The fraction of sp³-hybridized carbons (Fsp3) is 0.444. The molecule has 2 aromatic rings. The molecule has 1 saturated heterocycles. The van der Waals surface area contributed by atoms with Crippen LogP contribution in [0.1, 0.15) is 29.2 Å². The second-order valence-electron chi connectivity index (χ2n) is 7.05. The molecule has 2 aliphatic rings. The van der Waals surface area contributed by atoms with Crippen LogP contribution in [0.4, 0.5) is 10.1 Å². The molecule has 6 nitrogen and oxygen atoms in total. The van der Waals surface area contributed by atoms with Gasteiger partial charge < -0.3 is 20.3 Å². The van der Waals surface area contributed by atoms with E-state index in [0.717, 1.165) is 18.9 Å². The summed E-state index contributed by atoms with van der Waals surface area (Å²) in [5.41, 5.74) is 5.66. The molecule has 3 N–H and O–H groups in total. The monoisotopic (exact) mass is 379 g/mol. The van der Waals surface area contributed by atoms with Crippen molar-refractivity contribution < 1.29 is 14.3 Å². The Labute approximate surface area is 154 Å². The number of benzene rings is 1. The second-order valence-corrected chi connectivity index (χ2v) is 7.61. The number of nitrogens with zero attached hydrogens (tertiary/aromatic N) is 2. The minimum absolute atomic E-state index is 0.0757. The van der Waals surface area contributed by atoms with Crippen molar-refractivity contribution in [1.82, 2.24) is 4.57 Å². The standard InChI is InChI=1S/C18H19ClFN3O3/c19-13-8-22(6-9(13)5-21)16-4-15-11(3-14(16)20)17(24)12(18(25)26)7-23(15)10-1-2-10/h3-4,7,9-10,13H,1-2,5-6,8,21H2,(H,25,26)/t9-,13+/m1/s1. The molecule has 1 aliphatic heterocycles. The summed E-state index contributed by atoms with van der Waals surface area (Å²) in [6.07, 6.45) is 3.20. The first kappa shape index (κ1) is 17.3. The Morgan fingerprint density at radius 1 is 1.35 bits per heavy atom. The van der Waals surface area contributed by atoms with Gasteiger partial charge in [0.1, 0.15) is 11.4 Å². The second kappa shape index (κ2) is 6.25. The summed E-state index contributed by atoms with van der Waals surface area (Å²) < 4.78 is 16.6. The van der Waals surface area contributed by atoms with Crippen molar-refractivity contribution in [2.24, 2.45) is 11.7 Å². The lowest BCUT2D eigenvalue weighted by molar-refractivity contribution is 0.0695. The first-order chi connectivity index (χ1) is 12.4. The van der Waals surface area contributed by atoms with Crippen molar-refractivity contribution in [3.05, 3.63) is 39.9 Å². The van der Waals surface area contributed by atoms with Gasteiger partial charge in [-0.05, 0) is 31.5 Å². The number of anilines is 1. The predicted octanol–water partition coefficient (Wildman–Crippen LogP) is 2.18. The van der Waals surface area contributed by atoms with Gasteiger partial charge in [0, 0.05) is 36.6 Å². The highest BCUT2D eigenvalue weighted by Crippen LogP contribution is 2.38. The molecule has 8 heteroatoms. The van der Waals surface area contributed by atoms with Gasteiger partial charge in [-0.25, -0.2) is 9.18 Å². The predicted molar refractivity (Wildman–Crippen MR) is 97.8 cm³/mol. The van der Waals surface area contributed by atoms with Gasteiger partial charge >= 0.3 is 5.97 Å². The summed E-state index contributed by atoms with van der Waals surface area (Å²) in [4.78, 5) is 25.7. The number of carbonyl (C=O) groups is 1. The van der Waals surface area contributed by atoms with Gasteiger partial charge in [0.15, 0.2) is 0 Å². The third-order valence-corrected chi connectivity index (χ3v) is 5.77. The van der Waals surface area contributed by atoms with Crippen LogP contribution in [0.5, 0.6) is 0 Å². The number of hydrogen-bond acceptors (Lipinski definition) is 4. The van der Waals surface area contributed by atoms with Crippen molar-refractivity contribution in [2.75, 3.05) is 24.5 Å². The van der Waals surface area contributed by atoms with Crippen molar-refractivity contribution in [2.45, 2.75) is 24.3 Å². The van der Waals surface area contributed by atoms with E-state index in [1.54, 1.807) is 10.6 Å². The molecule has 0 bridgehead atoms. The van der Waals surface area contributed by atoms with Gasteiger partial charge in [-0.2, -0.15) is 0 Å². The molecule has 0 amide bonds. The summed E-state index contributed by atoms with van der Waals surface area (Å²) in [6, 6.07) is 2.93. The molecule has 4 rings (SSSR count). The summed E-state index contributed by atoms with van der Waals surface area (Å²) in [5.74, 6) is -1.78. The third-order valence-electron chi connectivity index (χ3n) is 5.28. The van der Waals surface area contributed by atoms with E-state index in [-0.39, 0.29) is 28.3 Å². The lowest BCUT2D eigenvalue weighted by atomic mass is 10.1. The van der Waals surface area contributed by atoms with Crippen LogP contribution in [-0.2, 0) is 0 Å². The quantitative estimate of drug-likeness (QED) is 0.795. The fourth-order valence-corrected chi connectivity index (χ4v) is 4.01. The number of rotatable bonds is 4. The molecule has 0 unspecified atom stereocenters. The molecule has 1 aliphatic carbocycles. The molecule has 0 radical (unpaired) electrons. The Morgan fingerprint density at radius 3 is 2.65 bits per heavy atom. The summed E-state index contributed by atoms with van der Waals surface area (Å²) in [6.45, 7) is 1.45. The molecule has 2 fully saturated rings. The van der Waals surface area contributed by atoms with E-state index in [0.29, 0.717) is 30.8 Å². The zero-order chi connectivity index (χ0) is 18.6. The van der Waals surface area contributed by atoms with Crippen LogP contribution < -0.4 is 16.1 Å². The van der Waals surface area contributed by atoms with Gasteiger partial charge in [-0.15, -0.1) is 11.6 Å². The van der Waals surface area contributed by atoms with E-state index in [1.807, 2.05) is 4.90 Å². The van der Waals surface area contributed by atoms with Crippen LogP contribution in [0.3, 0.4) is 0 Å². The molecule has 1 saturated carbocycles. The number of halogens is 2. The SMILES string of the molecule is NC[C@@H]1CN(c2cc3c(cc2F)c(=O)c(C(=O)O)cn3C2CC2)C[C@@H]1Cl. The van der Waals surface area contributed by atoms with Gasteiger partial charge in [-0.3, -0.25) is 4.79 Å². The van der Waals surface area contributed by atoms with Gasteiger partial charge in [0.05, 0.1) is 16.6 Å². The highest BCUT2D eigenvalue weighted by Gasteiger charge is 2.33. The van der Waals surface area contributed by atoms with Crippen molar-refractivity contribution in [3.63, 3.8) is 0 Å². The van der Waals surface area contributed by atoms with E-state index < -0.39 is 17.2 Å². The molecular weight excluding hydrogens is 361 g/mol. The van der Waals surface area contributed by atoms with Crippen LogP contribution in [0.25, 0.3) is 10.9 Å². The molecule has 0 spiro atoms. The number of aromatic nitrogens is 1. The van der Waals surface area contributed by atoms with E-state index >= 15 is 0 Å². The lowest BCUT2D eigenvalue weighted by Crippen LogP contribution is -2.24. The van der Waals surface area contributed by atoms with Crippen LogP contribution >= 0.6 is 11.6 Å². The Balaban J connectivity index is 1.89. The van der Waals surface area contributed by atoms with E-state index in [1.165, 1.54) is 6.20 Å². The van der Waals surface area contributed by atoms with Gasteiger partial charge in [-0.1, -0.05) is 0 Å². The first-order valence-corrected chi connectivity index (χ1v) is 9.05. The molecule has 26 heavy (non-hydrogen) atoms. The summed E-state index contributed by atoms with van der Waals surface area (Å²) in [7, 11) is 0. The molecule has 138 valence electrons. The van der Waals surface area contributed by atoms with Crippen LogP contribution in [-0.4, -0.2) is 40.7 Å². The number of aromatic carboxylic acids is 1. The molecular formula is C18H19ClFN3O3. The van der Waals surface area contributed by atoms with Crippen LogP contribution in [0, 0.1) is 11.7 Å². The number of fused-ring (bicyclic) bond motifs is 1. The fourth-order valence-electron chi connectivity index (χ4n) is 3.66. The minimum atomic E-state index is -1.30. The van der Waals surface area contributed by atoms with E-state index in [9.17, 15) is 19.1 Å². The van der Waals surface area contributed by atoms with Crippen molar-refractivity contribution in [1.29, 1.82) is 0 Å². The molecule has 2 atom stereocenters. The Hall–Kier alpha value is -2.12. The highest BCUT2D eigenvalue weighted by molar-refractivity contribution is 6.21. The molecule has 1 aromatic heterocycles. The van der Waals surface area contributed by atoms with Crippen molar-refractivity contribution in [3.8, 4) is 0 Å². The number of pyridine rings is 1. The zero-order valence-corrected chi connectivity index (χ0v) is 14.7. The highest BCUT2D eigenvalue weighted by atomic mass is 35.5. The number of nitrogens with two attached hydrogens (primary N) is 1. The Bertz CT molecular complexity index is 957. The van der Waals surface area contributed by atoms with Crippen LogP contribution in [0.15, 0.2) is 23.1 Å². The van der Waals surface area contributed by atoms with Crippen molar-refractivity contribution >= 4 is 34.2 Å².